The largest absolute Gasteiger partial charge is 0.462 e. The van der Waals surface area contributed by atoms with Crippen LogP contribution in [-0.2, 0) is 23.7 Å². The van der Waals surface area contributed by atoms with Crippen molar-refractivity contribution in [2.24, 2.45) is 22.9 Å². The van der Waals surface area contributed by atoms with E-state index in [2.05, 4.69) is 45.0 Å². The maximum atomic E-state index is 13.9. The Kier molecular flexibility index (Phi) is 7.94. The number of fused-ring (bicyclic) bond motifs is 2. The van der Waals surface area contributed by atoms with Gasteiger partial charge in [0.2, 0.25) is 0 Å². The van der Waals surface area contributed by atoms with Crippen LogP contribution in [0.1, 0.15) is 73.1 Å². The van der Waals surface area contributed by atoms with Gasteiger partial charge in [-0.25, -0.2) is 0 Å². The SMILES string of the molecule is CC1=C[C@H]2C(=O)O[C@H]3C[C@@H](C/C=C(\C)C[C@@H](C)C=C/C=C4\CO[C@H](C1=NO)[C@@]42O)O[C@@]1(CC[C@H](C)[C@@H](C)O1)C3. The van der Waals surface area contributed by atoms with Crippen molar-refractivity contribution in [3.05, 3.63) is 47.1 Å². The summed E-state index contributed by atoms with van der Waals surface area (Å²) in [5.41, 5.74) is 0.916. The molecule has 0 aromatic carbocycles. The Balaban J connectivity index is 1.53. The van der Waals surface area contributed by atoms with Crippen molar-refractivity contribution >= 4 is 11.7 Å². The standard InChI is InChI=1S/C31H43NO7/c1-18-7-6-8-23-17-36-28-27(32-35)21(4)14-26(31(23,28)34)29(33)37-25-15-24(10-9-19(2)13-18)39-30(16-25)12-11-20(3)22(5)38-30/h6-9,14,18,20,22,24-26,28,34-35H,10-13,15-17H2,1-5H3/b7-6?,19-9+,23-8+,32-27?/t18-,20-,22+,24+,25-,26-,28+,30-,31+/m0/s1. The minimum Gasteiger partial charge on any atom is -0.462 e. The molecular weight excluding hydrogens is 498 g/mol. The molecule has 3 saturated heterocycles. The van der Waals surface area contributed by atoms with E-state index >= 15 is 0 Å². The molecule has 3 fully saturated rings. The van der Waals surface area contributed by atoms with Crippen LogP contribution >= 0.6 is 0 Å². The second kappa shape index (κ2) is 11.0. The van der Waals surface area contributed by atoms with Gasteiger partial charge in [0.25, 0.3) is 0 Å². The normalized spacial score (nSPS) is 47.0. The summed E-state index contributed by atoms with van der Waals surface area (Å²) in [6.45, 7) is 10.4. The monoisotopic (exact) mass is 541 g/mol. The predicted molar refractivity (Wildman–Crippen MR) is 146 cm³/mol. The molecule has 1 spiro atoms. The second-order valence-electron chi connectivity index (χ2n) is 12.4. The summed E-state index contributed by atoms with van der Waals surface area (Å²) in [6.07, 6.45) is 12.6. The van der Waals surface area contributed by atoms with Crippen LogP contribution < -0.4 is 0 Å². The van der Waals surface area contributed by atoms with Gasteiger partial charge in [-0.3, -0.25) is 4.79 Å². The highest BCUT2D eigenvalue weighted by Crippen LogP contribution is 2.46. The molecule has 4 heterocycles. The number of carbonyl (C=O) groups is 1. The molecule has 2 bridgehead atoms. The van der Waals surface area contributed by atoms with Crippen LogP contribution in [0.15, 0.2) is 52.3 Å². The van der Waals surface area contributed by atoms with Crippen molar-refractivity contribution in [3.63, 3.8) is 0 Å². The Bertz CT molecular complexity index is 1120. The third-order valence-electron chi connectivity index (χ3n) is 9.25. The molecule has 8 heteroatoms. The second-order valence-corrected chi connectivity index (χ2v) is 12.4. The zero-order valence-corrected chi connectivity index (χ0v) is 23.8. The third kappa shape index (κ3) is 5.41. The van der Waals surface area contributed by atoms with E-state index in [0.717, 1.165) is 19.3 Å². The van der Waals surface area contributed by atoms with Crippen LogP contribution in [0, 0.1) is 17.8 Å². The fourth-order valence-corrected chi connectivity index (χ4v) is 6.85. The molecule has 5 rings (SSSR count). The van der Waals surface area contributed by atoms with Crippen molar-refractivity contribution in [2.45, 2.75) is 109 Å². The molecule has 9 atom stereocenters. The minimum absolute atomic E-state index is 0.0431. The molecule has 5 aliphatic rings. The third-order valence-corrected chi connectivity index (χ3v) is 9.25. The highest BCUT2D eigenvalue weighted by Gasteiger charge is 2.59. The molecule has 0 aromatic rings. The van der Waals surface area contributed by atoms with Crippen molar-refractivity contribution < 1.29 is 34.1 Å². The van der Waals surface area contributed by atoms with E-state index in [1.165, 1.54) is 5.57 Å². The van der Waals surface area contributed by atoms with Gasteiger partial charge >= 0.3 is 5.97 Å². The molecule has 214 valence electrons. The van der Waals surface area contributed by atoms with E-state index in [4.69, 9.17) is 18.9 Å². The number of ether oxygens (including phenoxy) is 4. The number of nitrogens with zero attached hydrogens (tertiary/aromatic N) is 1. The van der Waals surface area contributed by atoms with E-state index in [9.17, 15) is 15.1 Å². The maximum Gasteiger partial charge on any atom is 0.316 e. The fourth-order valence-electron chi connectivity index (χ4n) is 6.85. The number of hydrogen-bond donors (Lipinski definition) is 2. The Morgan fingerprint density at radius 3 is 2.67 bits per heavy atom. The number of esters is 1. The van der Waals surface area contributed by atoms with Crippen LogP contribution in [0.2, 0.25) is 0 Å². The lowest BCUT2D eigenvalue weighted by molar-refractivity contribution is -0.332. The van der Waals surface area contributed by atoms with Gasteiger partial charge in [0.15, 0.2) is 5.79 Å². The topological polar surface area (TPSA) is 107 Å². The molecule has 2 N–H and O–H groups in total. The molecule has 4 aliphatic heterocycles. The number of hydrogen-bond acceptors (Lipinski definition) is 8. The Labute approximate surface area is 231 Å². The van der Waals surface area contributed by atoms with Gasteiger partial charge in [-0.2, -0.15) is 0 Å². The lowest BCUT2D eigenvalue weighted by Crippen LogP contribution is -2.57. The van der Waals surface area contributed by atoms with E-state index in [-0.39, 0.29) is 30.4 Å². The first-order valence-corrected chi connectivity index (χ1v) is 14.4. The van der Waals surface area contributed by atoms with Gasteiger partial charge in [-0.1, -0.05) is 55.0 Å². The van der Waals surface area contributed by atoms with Crippen LogP contribution in [-0.4, -0.2) is 64.4 Å². The first-order chi connectivity index (χ1) is 18.5. The summed E-state index contributed by atoms with van der Waals surface area (Å²) in [4.78, 5) is 13.9. The van der Waals surface area contributed by atoms with Gasteiger partial charge in [0, 0.05) is 19.3 Å². The van der Waals surface area contributed by atoms with Gasteiger partial charge in [0.1, 0.15) is 29.4 Å². The predicted octanol–water partition coefficient (Wildman–Crippen LogP) is 5.00. The molecule has 0 aromatic heterocycles. The summed E-state index contributed by atoms with van der Waals surface area (Å²) in [5, 5.41) is 25.2. The average Bonchev–Trinajstić information content (AvgIpc) is 3.21. The fraction of sp³-hybridized carbons (Fsp3) is 0.677. The van der Waals surface area contributed by atoms with Crippen LogP contribution in [0.4, 0.5) is 0 Å². The van der Waals surface area contributed by atoms with Gasteiger partial charge < -0.3 is 29.3 Å². The van der Waals surface area contributed by atoms with Gasteiger partial charge in [0.05, 0.1) is 18.8 Å². The first kappa shape index (κ1) is 28.3. The van der Waals surface area contributed by atoms with Gasteiger partial charge in [-0.05, 0) is 63.0 Å². The molecule has 0 radical (unpaired) electrons. The molecule has 8 nitrogen and oxygen atoms in total. The lowest BCUT2D eigenvalue weighted by Gasteiger charge is -2.49. The Hall–Kier alpha value is -2.26. The zero-order valence-electron chi connectivity index (χ0n) is 23.8. The van der Waals surface area contributed by atoms with Crippen LogP contribution in [0.5, 0.6) is 0 Å². The van der Waals surface area contributed by atoms with Crippen LogP contribution in [0.3, 0.4) is 0 Å². The lowest BCUT2D eigenvalue weighted by atomic mass is 9.71. The summed E-state index contributed by atoms with van der Waals surface area (Å²) in [6, 6.07) is 0. The average molecular weight is 542 g/mol. The molecule has 0 saturated carbocycles. The molecule has 0 unspecified atom stereocenters. The summed E-state index contributed by atoms with van der Waals surface area (Å²) < 4.78 is 25.3. The molecule has 39 heavy (non-hydrogen) atoms. The number of carbonyl (C=O) groups excluding carboxylic acids is 1. The number of allylic oxidation sites excluding steroid dienone is 4. The Morgan fingerprint density at radius 1 is 1.13 bits per heavy atom. The summed E-state index contributed by atoms with van der Waals surface area (Å²) >= 11 is 0. The van der Waals surface area contributed by atoms with Crippen molar-refractivity contribution in [1.29, 1.82) is 0 Å². The maximum absolute atomic E-state index is 13.9. The van der Waals surface area contributed by atoms with Crippen molar-refractivity contribution in [1.82, 2.24) is 0 Å². The highest BCUT2D eigenvalue weighted by molar-refractivity contribution is 6.06. The number of oxime groups is 1. The summed E-state index contributed by atoms with van der Waals surface area (Å²) in [7, 11) is 0. The quantitative estimate of drug-likeness (QED) is 0.192. The molecule has 0 amide bonds. The first-order valence-electron chi connectivity index (χ1n) is 14.4. The van der Waals surface area contributed by atoms with Crippen molar-refractivity contribution in [2.75, 3.05) is 6.61 Å². The van der Waals surface area contributed by atoms with E-state index in [0.29, 0.717) is 36.3 Å². The van der Waals surface area contributed by atoms with E-state index < -0.39 is 35.5 Å². The molecule has 1 aliphatic carbocycles. The highest BCUT2D eigenvalue weighted by atomic mass is 16.7. The van der Waals surface area contributed by atoms with Crippen molar-refractivity contribution in [3.8, 4) is 0 Å². The van der Waals surface area contributed by atoms with E-state index in [1.807, 2.05) is 12.2 Å². The van der Waals surface area contributed by atoms with E-state index in [1.54, 1.807) is 13.0 Å². The molecular formula is C31H43NO7. The number of aliphatic hydroxyl groups is 1. The zero-order chi connectivity index (χ0) is 27.9. The smallest absolute Gasteiger partial charge is 0.316 e. The van der Waals surface area contributed by atoms with Gasteiger partial charge in [-0.15, -0.1) is 0 Å². The minimum atomic E-state index is -1.72. The van der Waals surface area contributed by atoms with Crippen LogP contribution in [0.25, 0.3) is 0 Å². The Morgan fingerprint density at radius 2 is 1.92 bits per heavy atom. The summed E-state index contributed by atoms with van der Waals surface area (Å²) in [5.74, 6) is -1.62. The number of rotatable bonds is 0.